The Morgan fingerprint density at radius 2 is 1.69 bits per heavy atom. The molecular weight excluding hydrogens is 396 g/mol. The summed E-state index contributed by atoms with van der Waals surface area (Å²) in [7, 11) is 0. The molecule has 3 nitrogen and oxygen atoms in total. The largest absolute Gasteiger partial charge is 0.393 e. The Hall–Kier alpha value is -0.640. The fourth-order valence-corrected chi connectivity index (χ4v) is 8.66. The molecule has 0 aromatic rings. The van der Waals surface area contributed by atoms with E-state index in [0.717, 1.165) is 19.3 Å². The van der Waals surface area contributed by atoms with Gasteiger partial charge < -0.3 is 15.3 Å². The molecule has 3 N–H and O–H groups in total. The first kappa shape index (κ1) is 24.5. The average molecular weight is 445 g/mol. The van der Waals surface area contributed by atoms with E-state index >= 15 is 0 Å². The molecule has 4 aliphatic rings. The minimum atomic E-state index is -1.20. The van der Waals surface area contributed by atoms with E-state index in [1.54, 1.807) is 0 Å². The van der Waals surface area contributed by atoms with E-state index in [9.17, 15) is 15.3 Å². The van der Waals surface area contributed by atoms with Crippen LogP contribution in [-0.4, -0.2) is 33.1 Å². The van der Waals surface area contributed by atoms with E-state index in [0.29, 0.717) is 41.9 Å². The second-order valence-electron chi connectivity index (χ2n) is 13.0. The summed E-state index contributed by atoms with van der Waals surface area (Å²) in [5.74, 6) is 3.36. The van der Waals surface area contributed by atoms with Gasteiger partial charge in [0.2, 0.25) is 0 Å². The van der Waals surface area contributed by atoms with Gasteiger partial charge in [-0.2, -0.15) is 0 Å². The molecule has 10 atom stereocenters. The molecule has 10 unspecified atom stereocenters. The molecule has 0 bridgehead atoms. The molecule has 3 fully saturated rings. The van der Waals surface area contributed by atoms with Crippen LogP contribution in [0.4, 0.5) is 0 Å². The van der Waals surface area contributed by atoms with E-state index in [4.69, 9.17) is 0 Å². The van der Waals surface area contributed by atoms with Gasteiger partial charge >= 0.3 is 0 Å². The maximum absolute atomic E-state index is 11.6. The van der Waals surface area contributed by atoms with Gasteiger partial charge in [0.05, 0.1) is 6.10 Å². The van der Waals surface area contributed by atoms with Crippen molar-refractivity contribution in [3.63, 3.8) is 0 Å². The van der Waals surface area contributed by atoms with Gasteiger partial charge in [0.25, 0.3) is 0 Å². The van der Waals surface area contributed by atoms with Crippen molar-refractivity contribution in [2.75, 3.05) is 0 Å². The van der Waals surface area contributed by atoms with Crippen molar-refractivity contribution in [3.05, 3.63) is 23.3 Å². The highest BCUT2D eigenvalue weighted by Gasteiger charge is 2.64. The van der Waals surface area contributed by atoms with E-state index in [1.165, 1.54) is 30.4 Å². The van der Waals surface area contributed by atoms with Crippen molar-refractivity contribution in [2.24, 2.45) is 46.3 Å². The predicted octanol–water partition coefficient (Wildman–Crippen LogP) is 5.89. The van der Waals surface area contributed by atoms with Gasteiger partial charge in [0.1, 0.15) is 11.7 Å². The Morgan fingerprint density at radius 3 is 2.34 bits per heavy atom. The van der Waals surface area contributed by atoms with Gasteiger partial charge in [-0.05, 0) is 86.4 Å². The van der Waals surface area contributed by atoms with Crippen molar-refractivity contribution in [2.45, 2.75) is 111 Å². The van der Waals surface area contributed by atoms with Gasteiger partial charge in [-0.25, -0.2) is 0 Å². The molecule has 0 aliphatic heterocycles. The first-order valence-electron chi connectivity index (χ1n) is 13.3. The molecule has 0 saturated heterocycles. The topological polar surface area (TPSA) is 60.7 Å². The maximum atomic E-state index is 11.6. The van der Waals surface area contributed by atoms with Crippen LogP contribution in [0.2, 0.25) is 0 Å². The van der Waals surface area contributed by atoms with Crippen molar-refractivity contribution in [1.82, 2.24) is 0 Å². The maximum Gasteiger partial charge on any atom is 0.102 e. The fourth-order valence-electron chi connectivity index (χ4n) is 8.66. The summed E-state index contributed by atoms with van der Waals surface area (Å²) >= 11 is 0. The van der Waals surface area contributed by atoms with E-state index in [-0.39, 0.29) is 10.8 Å². The van der Waals surface area contributed by atoms with Crippen LogP contribution in [0, 0.1) is 46.3 Å². The molecule has 0 amide bonds. The number of hydrogen-bond acceptors (Lipinski definition) is 3. The third kappa shape index (κ3) is 3.48. The second kappa shape index (κ2) is 8.24. The molecule has 0 aromatic carbocycles. The number of hydrogen-bond donors (Lipinski definition) is 3. The highest BCUT2D eigenvalue weighted by atomic mass is 16.3. The lowest BCUT2D eigenvalue weighted by Gasteiger charge is -2.62. The first-order valence-corrected chi connectivity index (χ1v) is 13.3. The van der Waals surface area contributed by atoms with Crippen molar-refractivity contribution in [3.8, 4) is 0 Å². The molecule has 4 aliphatic carbocycles. The van der Waals surface area contributed by atoms with Crippen LogP contribution in [0.15, 0.2) is 23.3 Å². The highest BCUT2D eigenvalue weighted by molar-refractivity contribution is 5.33. The molecule has 182 valence electrons. The average Bonchev–Trinajstić information content (AvgIpc) is 3.07. The third-order valence-corrected chi connectivity index (χ3v) is 11.2. The minimum absolute atomic E-state index is 0.263. The zero-order chi connectivity index (χ0) is 23.6. The Kier molecular flexibility index (Phi) is 6.30. The molecule has 0 radical (unpaired) electrons. The molecule has 3 saturated carbocycles. The smallest absolute Gasteiger partial charge is 0.102 e. The Balaban J connectivity index is 1.63. The number of aliphatic hydroxyl groups excluding tert-OH is 2. The van der Waals surface area contributed by atoms with E-state index in [2.05, 4.69) is 54.5 Å². The third-order valence-electron chi connectivity index (χ3n) is 11.2. The van der Waals surface area contributed by atoms with Crippen LogP contribution in [0.25, 0.3) is 0 Å². The molecule has 3 heteroatoms. The zero-order valence-corrected chi connectivity index (χ0v) is 21.6. The standard InChI is InChI=1S/C29H48O3/c1-17(2)20(5)18(3)14-19(4)23-8-9-24-22-15-26(31)29(32)16-21(30)10-13-28(29,7)25(22)11-12-27(23,24)6/h14-15,17,19-21,23-26,30-32H,8-13,16H2,1-7H3/b18-14+. The van der Waals surface area contributed by atoms with Crippen molar-refractivity contribution in [1.29, 1.82) is 0 Å². The first-order chi connectivity index (χ1) is 14.8. The monoisotopic (exact) mass is 444 g/mol. The molecule has 0 spiro atoms. The van der Waals surface area contributed by atoms with Crippen LogP contribution < -0.4 is 0 Å². The number of allylic oxidation sites excluding steroid dienone is 3. The Bertz CT molecular complexity index is 783. The minimum Gasteiger partial charge on any atom is -0.393 e. The normalized spacial score (nSPS) is 48.5. The van der Waals surface area contributed by atoms with E-state index < -0.39 is 17.8 Å². The summed E-state index contributed by atoms with van der Waals surface area (Å²) in [5, 5.41) is 33.0. The highest BCUT2D eigenvalue weighted by Crippen LogP contribution is 2.67. The summed E-state index contributed by atoms with van der Waals surface area (Å²) in [5.41, 5.74) is 1.67. The zero-order valence-electron chi connectivity index (χ0n) is 21.6. The summed E-state index contributed by atoms with van der Waals surface area (Å²) < 4.78 is 0. The second-order valence-corrected chi connectivity index (χ2v) is 13.0. The van der Waals surface area contributed by atoms with Crippen molar-refractivity contribution >= 4 is 0 Å². The van der Waals surface area contributed by atoms with E-state index in [1.807, 2.05) is 6.08 Å². The fraction of sp³-hybridized carbons (Fsp3) is 0.862. The number of rotatable bonds is 4. The lowest BCUT2D eigenvalue weighted by Crippen LogP contribution is -2.65. The quantitative estimate of drug-likeness (QED) is 0.474. The van der Waals surface area contributed by atoms with Crippen LogP contribution >= 0.6 is 0 Å². The lowest BCUT2D eigenvalue weighted by atomic mass is 9.45. The SMILES string of the molecule is C/C(=C\C(C)C1CCC2C3=CC(O)C4(O)CC(O)CCC4(C)C3CCC21C)C(C)C(C)C. The summed E-state index contributed by atoms with van der Waals surface area (Å²) in [4.78, 5) is 0. The van der Waals surface area contributed by atoms with Crippen LogP contribution in [-0.2, 0) is 0 Å². The van der Waals surface area contributed by atoms with Gasteiger partial charge in [-0.15, -0.1) is 0 Å². The molecule has 0 heterocycles. The van der Waals surface area contributed by atoms with Crippen LogP contribution in [0.5, 0.6) is 0 Å². The predicted molar refractivity (Wildman–Crippen MR) is 131 cm³/mol. The molecule has 4 rings (SSSR count). The summed E-state index contributed by atoms with van der Waals surface area (Å²) in [6, 6.07) is 0. The summed E-state index contributed by atoms with van der Waals surface area (Å²) in [6.07, 6.45) is 9.77. The van der Waals surface area contributed by atoms with Gasteiger partial charge in [0, 0.05) is 11.8 Å². The number of fused-ring (bicyclic) bond motifs is 5. The summed E-state index contributed by atoms with van der Waals surface area (Å²) in [6.45, 7) is 16.4. The van der Waals surface area contributed by atoms with Crippen LogP contribution in [0.1, 0.15) is 93.4 Å². The van der Waals surface area contributed by atoms with Crippen molar-refractivity contribution < 1.29 is 15.3 Å². The number of aliphatic hydroxyl groups is 3. The Labute approximate surface area is 196 Å². The van der Waals surface area contributed by atoms with Crippen LogP contribution in [0.3, 0.4) is 0 Å². The van der Waals surface area contributed by atoms with Gasteiger partial charge in [-0.1, -0.05) is 64.8 Å². The molecular formula is C29H48O3. The lowest BCUT2D eigenvalue weighted by molar-refractivity contribution is -0.210. The molecule has 0 aromatic heterocycles. The van der Waals surface area contributed by atoms with Gasteiger partial charge in [-0.3, -0.25) is 0 Å². The van der Waals surface area contributed by atoms with Gasteiger partial charge in [0.15, 0.2) is 0 Å². The molecule has 32 heavy (non-hydrogen) atoms. The Morgan fingerprint density at radius 1 is 1.00 bits per heavy atom.